The Labute approximate surface area is 803 Å². The van der Waals surface area contributed by atoms with Crippen LogP contribution in [0.25, 0.3) is 281 Å². The first-order chi connectivity index (χ1) is 69.0. The standard InChI is InChI=1S/C46H28N2S.C44H26N2O.C40H24N2S/c1-2-14-33(15-3-1)47-41-19-8-6-17-35(41)37-22-23-38-36-18-7-9-20-42(36)48(46(38)45(37)47)34-16-10-13-29(25-34)32-21-24-43-39(27-32)40-26-30-11-4-5-12-31(30)28-44(40)49-43;1-2-14-29(15-3-1)45-37-20-10-8-18-33(37)41-42-34-19-9-11-21-38(34)46(44(42)32-17-7-6-16-31(32)43(41)45)30-22-23-39-36(26-30)35-24-27-12-4-5-13-28(27)25-40(35)47-39;1-2-12-27(13-3-1)41-33-16-8-6-14-29(33)39-35(41)19-20-36-40(39)30-15-7-9-17-34(30)42(36)28-18-21-37-32(24-28)31-22-25-10-4-5-11-26(25)23-38(31)43-37/h1-28H;1-26H;1-24H. The van der Waals surface area contributed by atoms with Crippen molar-refractivity contribution in [3.05, 3.63) is 473 Å². The van der Waals surface area contributed by atoms with Crippen molar-refractivity contribution in [1.29, 1.82) is 0 Å². The summed E-state index contributed by atoms with van der Waals surface area (Å²) in [5, 5.41) is 32.9. The molecule has 0 unspecified atom stereocenters. The van der Waals surface area contributed by atoms with Gasteiger partial charge < -0.3 is 31.8 Å². The van der Waals surface area contributed by atoms with Gasteiger partial charge in [0.25, 0.3) is 0 Å². The van der Waals surface area contributed by atoms with E-state index in [2.05, 4.69) is 501 Å². The zero-order valence-corrected chi connectivity index (χ0v) is 76.6. The highest BCUT2D eigenvalue weighted by atomic mass is 32.1. The number of para-hydroxylation sites is 9. The summed E-state index contributed by atoms with van der Waals surface area (Å²) in [6, 6.07) is 173. The van der Waals surface area contributed by atoms with E-state index in [1.54, 1.807) is 0 Å². The summed E-state index contributed by atoms with van der Waals surface area (Å²) in [5.74, 6) is 0. The Bertz CT molecular complexity index is 10800. The van der Waals surface area contributed by atoms with Crippen LogP contribution in [-0.4, -0.2) is 27.4 Å². The third kappa shape index (κ3) is 11.7. The molecule has 0 radical (unpaired) electrons. The molecule has 0 N–H and O–H groups in total. The fraction of sp³-hybridized carbons (Fsp3) is 0. The highest BCUT2D eigenvalue weighted by molar-refractivity contribution is 7.26. The van der Waals surface area contributed by atoms with E-state index in [9.17, 15) is 0 Å². The highest BCUT2D eigenvalue weighted by Gasteiger charge is 2.29. The van der Waals surface area contributed by atoms with Gasteiger partial charge in [-0.15, -0.1) is 22.7 Å². The number of thiophene rings is 2. The number of rotatable bonds is 7. The second-order valence-electron chi connectivity index (χ2n) is 36.8. The fourth-order valence-electron chi connectivity index (χ4n) is 23.4. The normalized spacial score (nSPS) is 12.2. The zero-order valence-electron chi connectivity index (χ0n) is 74.9. The Morgan fingerprint density at radius 1 is 0.144 bits per heavy atom. The smallest absolute Gasteiger partial charge is 0.136 e. The van der Waals surface area contributed by atoms with E-state index >= 15 is 0 Å². The Kier molecular flexibility index (Phi) is 16.9. The number of benzene rings is 23. The second kappa shape index (κ2) is 30.3. The predicted octanol–water partition coefficient (Wildman–Crippen LogP) is 36.6. The lowest BCUT2D eigenvalue weighted by atomic mass is 9.99. The van der Waals surface area contributed by atoms with Crippen LogP contribution in [0.1, 0.15) is 0 Å². The molecule has 23 aromatic carbocycles. The highest BCUT2D eigenvalue weighted by Crippen LogP contribution is 2.52. The molecule has 0 atom stereocenters. The Hall–Kier alpha value is -17.9. The summed E-state index contributed by atoms with van der Waals surface area (Å²) in [5.41, 5.74) is 25.9. The monoisotopic (exact) mass is 1800 g/mol. The third-order valence-corrected chi connectivity index (χ3v) is 31.6. The molecule has 32 aromatic rings. The number of hydrogen-bond acceptors (Lipinski definition) is 3. The molecule has 0 aliphatic rings. The van der Waals surface area contributed by atoms with E-state index in [0.717, 1.165) is 44.7 Å². The molecular formula is C130H78N6OS2. The summed E-state index contributed by atoms with van der Waals surface area (Å²) in [6.07, 6.45) is 0. The van der Waals surface area contributed by atoms with Gasteiger partial charge in [-0.3, -0.25) is 0 Å². The molecule has 0 aliphatic heterocycles. The molecule has 32 rings (SSSR count). The van der Waals surface area contributed by atoms with E-state index in [4.69, 9.17) is 4.42 Å². The van der Waals surface area contributed by atoms with Crippen LogP contribution in [0.2, 0.25) is 0 Å². The van der Waals surface area contributed by atoms with Crippen molar-refractivity contribution >= 4 is 259 Å². The number of aromatic nitrogens is 6. The maximum Gasteiger partial charge on any atom is 0.136 e. The molecular weight excluding hydrogens is 1730 g/mol. The molecule has 9 heterocycles. The Morgan fingerprint density at radius 2 is 0.453 bits per heavy atom. The second-order valence-corrected chi connectivity index (χ2v) is 39.0. The minimum Gasteiger partial charge on any atom is -0.456 e. The van der Waals surface area contributed by atoms with Crippen molar-refractivity contribution in [2.45, 2.75) is 0 Å². The maximum absolute atomic E-state index is 6.42. The van der Waals surface area contributed by atoms with Crippen LogP contribution >= 0.6 is 22.7 Å². The van der Waals surface area contributed by atoms with Crippen LogP contribution in [0.4, 0.5) is 0 Å². The molecule has 646 valence electrons. The molecule has 0 saturated carbocycles. The molecule has 0 fully saturated rings. The summed E-state index contributed by atoms with van der Waals surface area (Å²) < 4.78 is 26.5. The van der Waals surface area contributed by atoms with Crippen molar-refractivity contribution in [2.24, 2.45) is 0 Å². The first-order valence-electron chi connectivity index (χ1n) is 47.6. The van der Waals surface area contributed by atoms with Gasteiger partial charge in [-0.1, -0.05) is 291 Å². The summed E-state index contributed by atoms with van der Waals surface area (Å²) in [6.45, 7) is 0. The molecule has 0 spiro atoms. The molecule has 139 heavy (non-hydrogen) atoms. The van der Waals surface area contributed by atoms with Crippen LogP contribution in [-0.2, 0) is 0 Å². The van der Waals surface area contributed by atoms with Gasteiger partial charge in [-0.2, -0.15) is 0 Å². The molecule has 7 nitrogen and oxygen atoms in total. The van der Waals surface area contributed by atoms with Crippen LogP contribution in [0.15, 0.2) is 478 Å². The van der Waals surface area contributed by atoms with Gasteiger partial charge in [-0.05, 0) is 225 Å². The van der Waals surface area contributed by atoms with Crippen LogP contribution < -0.4 is 0 Å². The molecule has 0 aliphatic carbocycles. The topological polar surface area (TPSA) is 42.7 Å². The van der Waals surface area contributed by atoms with Crippen molar-refractivity contribution in [2.75, 3.05) is 0 Å². The minimum absolute atomic E-state index is 0.901. The molecule has 0 amide bonds. The number of furan rings is 1. The van der Waals surface area contributed by atoms with Gasteiger partial charge in [-0.25, -0.2) is 0 Å². The van der Waals surface area contributed by atoms with Gasteiger partial charge in [0, 0.05) is 161 Å². The number of fused-ring (bicyclic) bond motifs is 36. The molecule has 9 heteroatoms. The van der Waals surface area contributed by atoms with Crippen molar-refractivity contribution in [1.82, 2.24) is 27.4 Å². The first kappa shape index (κ1) is 77.6. The number of hydrogen-bond donors (Lipinski definition) is 0. The summed E-state index contributed by atoms with van der Waals surface area (Å²) in [7, 11) is 0. The predicted molar refractivity (Wildman–Crippen MR) is 594 cm³/mol. The van der Waals surface area contributed by atoms with Crippen molar-refractivity contribution in [3.63, 3.8) is 0 Å². The van der Waals surface area contributed by atoms with Crippen LogP contribution in [0.5, 0.6) is 0 Å². The first-order valence-corrected chi connectivity index (χ1v) is 49.2. The van der Waals surface area contributed by atoms with E-state index in [1.165, 1.54) is 237 Å². The lowest BCUT2D eigenvalue weighted by Gasteiger charge is -2.13. The molecule has 0 saturated heterocycles. The lowest BCUT2D eigenvalue weighted by Crippen LogP contribution is -1.98. The average molecular weight is 1800 g/mol. The SMILES string of the molecule is c1ccc(-n2c3ccccc3c3c4c5ccccc5n(-c5ccc6oc7cc8ccccc8cc7c6c5)c4c4ccccc4c32)cc1.c1ccc(-n2c3ccccc3c3c4c5ccccc5n(-c5ccc6sc7cc8ccccc8cc7c6c5)c4ccc32)cc1.c1ccc(-n2c3ccccc3c3ccc4c5ccccc5n(-c5cccc(-c6ccc7sc8cc9ccccc9cc8c7c6)c5)c4c32)cc1. The minimum atomic E-state index is 0.901. The summed E-state index contributed by atoms with van der Waals surface area (Å²) >= 11 is 3.76. The molecule has 9 aromatic heterocycles. The van der Waals surface area contributed by atoms with Crippen LogP contribution in [0.3, 0.4) is 0 Å². The van der Waals surface area contributed by atoms with Gasteiger partial charge in [0.2, 0.25) is 0 Å². The van der Waals surface area contributed by atoms with Gasteiger partial charge in [0.15, 0.2) is 0 Å². The largest absolute Gasteiger partial charge is 0.456 e. The quantitative estimate of drug-likeness (QED) is 0.157. The van der Waals surface area contributed by atoms with Crippen LogP contribution in [0, 0.1) is 0 Å². The van der Waals surface area contributed by atoms with Crippen molar-refractivity contribution < 1.29 is 4.42 Å². The third-order valence-electron chi connectivity index (χ3n) is 29.4. The zero-order chi connectivity index (χ0) is 90.8. The van der Waals surface area contributed by atoms with Gasteiger partial charge in [0.05, 0.1) is 66.2 Å². The average Bonchev–Trinajstić information content (AvgIpc) is 1.53. The van der Waals surface area contributed by atoms with E-state index < -0.39 is 0 Å². The summed E-state index contributed by atoms with van der Waals surface area (Å²) in [4.78, 5) is 0. The maximum atomic E-state index is 6.42. The van der Waals surface area contributed by atoms with Gasteiger partial charge in [0.1, 0.15) is 11.2 Å². The Balaban J connectivity index is 0.0000000985. The van der Waals surface area contributed by atoms with Gasteiger partial charge >= 0.3 is 0 Å². The molecule has 0 bridgehead atoms. The van der Waals surface area contributed by atoms with E-state index in [1.807, 2.05) is 22.7 Å². The van der Waals surface area contributed by atoms with E-state index in [0.29, 0.717) is 0 Å². The number of nitrogens with zero attached hydrogens (tertiary/aromatic N) is 6. The van der Waals surface area contributed by atoms with E-state index in [-0.39, 0.29) is 0 Å². The Morgan fingerprint density at radius 3 is 0.957 bits per heavy atom. The lowest BCUT2D eigenvalue weighted by molar-refractivity contribution is 0.669. The fourth-order valence-corrected chi connectivity index (χ4v) is 25.6. The van der Waals surface area contributed by atoms with Crippen molar-refractivity contribution in [3.8, 4) is 45.3 Å².